The standard InChI is InChI=1S/C18H15N5O2/c1-8-7-10-13(17(20)25)16(19)23-14-9(2)12(24)4-3-11(14)22-6-5-21(8)18(22)15(10)23/h3-7,19H,1-2H3,(H3,20,24,25)/p+1. The van der Waals surface area contributed by atoms with E-state index >= 15 is 0 Å². The van der Waals surface area contributed by atoms with Crippen LogP contribution in [-0.4, -0.2) is 19.8 Å². The van der Waals surface area contributed by atoms with Gasteiger partial charge >= 0.3 is 0 Å². The van der Waals surface area contributed by atoms with E-state index in [-0.39, 0.29) is 11.6 Å². The number of nitrogens with zero attached hydrogens (tertiary/aromatic N) is 3. The third-order valence-electron chi connectivity index (χ3n) is 5.12. The van der Waals surface area contributed by atoms with Gasteiger partial charge in [-0.05, 0) is 32.0 Å². The van der Waals surface area contributed by atoms with Crippen molar-refractivity contribution in [3.05, 3.63) is 47.4 Å². The van der Waals surface area contributed by atoms with Crippen molar-refractivity contribution in [1.29, 1.82) is 0 Å². The van der Waals surface area contributed by atoms with Gasteiger partial charge in [-0.2, -0.15) is 4.40 Å². The number of imidazole rings is 1. The largest absolute Gasteiger partial charge is 0.508 e. The van der Waals surface area contributed by atoms with E-state index in [9.17, 15) is 9.90 Å². The molecule has 0 radical (unpaired) electrons. The average Bonchev–Trinajstić information content (AvgIpc) is 3.11. The van der Waals surface area contributed by atoms with Gasteiger partial charge in [-0.1, -0.05) is 0 Å². The Bertz CT molecular complexity index is 1360. The van der Waals surface area contributed by atoms with Crippen LogP contribution >= 0.6 is 0 Å². The summed E-state index contributed by atoms with van der Waals surface area (Å²) in [7, 11) is 0. The maximum atomic E-state index is 12.1. The number of rotatable bonds is 1. The summed E-state index contributed by atoms with van der Waals surface area (Å²) in [6, 6.07) is 5.43. The number of fused-ring (bicyclic) bond motifs is 3. The van der Waals surface area contributed by atoms with Gasteiger partial charge in [-0.25, -0.2) is 0 Å². The minimum atomic E-state index is -0.565. The Labute approximate surface area is 141 Å². The number of nitrogens with two attached hydrogens (primary N) is 2. The number of phenols is 1. The molecule has 0 aliphatic heterocycles. The van der Waals surface area contributed by atoms with E-state index < -0.39 is 5.91 Å². The minimum Gasteiger partial charge on any atom is -0.508 e. The van der Waals surface area contributed by atoms with Gasteiger partial charge in [0.15, 0.2) is 16.7 Å². The van der Waals surface area contributed by atoms with Crippen molar-refractivity contribution in [2.45, 2.75) is 13.8 Å². The van der Waals surface area contributed by atoms with Crippen LogP contribution in [0.3, 0.4) is 0 Å². The number of anilines is 1. The fraction of sp³-hybridized carbons (Fsp3) is 0.111. The number of primary amides is 1. The Hall–Kier alpha value is -3.48. The highest BCUT2D eigenvalue weighted by atomic mass is 16.3. The summed E-state index contributed by atoms with van der Waals surface area (Å²) in [5.74, 6) is -0.103. The van der Waals surface area contributed by atoms with Crippen molar-refractivity contribution in [2.24, 2.45) is 5.73 Å². The molecule has 0 bridgehead atoms. The summed E-state index contributed by atoms with van der Waals surface area (Å²) < 4.78 is 5.92. The smallest absolute Gasteiger partial charge is 0.292 e. The Morgan fingerprint density at radius 3 is 2.60 bits per heavy atom. The molecule has 7 nitrogen and oxygen atoms in total. The van der Waals surface area contributed by atoms with E-state index in [1.165, 1.54) is 0 Å². The van der Waals surface area contributed by atoms with Gasteiger partial charge in [-0.3, -0.25) is 14.9 Å². The van der Waals surface area contributed by atoms with Crippen LogP contribution in [0.25, 0.3) is 27.6 Å². The SMILES string of the molecule is Cc1c(O)ccc2c1[n+]1c(N)c(C(N)=O)c3cc(C)n4ccn2c4c31. The third-order valence-corrected chi connectivity index (χ3v) is 5.12. The molecule has 0 saturated carbocycles. The van der Waals surface area contributed by atoms with Crippen molar-refractivity contribution in [2.75, 3.05) is 5.73 Å². The molecule has 0 unspecified atom stereocenters. The number of nitrogen functional groups attached to an aromatic ring is 1. The highest BCUT2D eigenvalue weighted by Gasteiger charge is 2.31. The zero-order valence-corrected chi connectivity index (χ0v) is 13.7. The Balaban J connectivity index is 2.29. The fourth-order valence-electron chi connectivity index (χ4n) is 3.99. The van der Waals surface area contributed by atoms with Gasteiger partial charge in [0.05, 0.1) is 5.52 Å². The van der Waals surface area contributed by atoms with Gasteiger partial charge in [-0.15, -0.1) is 0 Å². The molecule has 0 atom stereocenters. The second-order valence-corrected chi connectivity index (χ2v) is 6.45. The number of carbonyl (C=O) groups is 1. The van der Waals surface area contributed by atoms with Gasteiger partial charge in [0.1, 0.15) is 11.3 Å². The van der Waals surface area contributed by atoms with E-state index in [4.69, 9.17) is 11.5 Å². The molecule has 0 saturated heterocycles. The lowest BCUT2D eigenvalue weighted by Crippen LogP contribution is -2.28. The first-order valence-corrected chi connectivity index (χ1v) is 7.91. The molecule has 4 heterocycles. The first-order chi connectivity index (χ1) is 11.9. The number of aryl methyl sites for hydroxylation is 2. The van der Waals surface area contributed by atoms with Gasteiger partial charge in [0.2, 0.25) is 0 Å². The molecule has 124 valence electrons. The lowest BCUT2D eigenvalue weighted by Gasteiger charge is -2.10. The van der Waals surface area contributed by atoms with Gasteiger partial charge in [0.25, 0.3) is 11.7 Å². The number of pyridine rings is 1. The number of hydrogen-bond acceptors (Lipinski definition) is 3. The van der Waals surface area contributed by atoms with Gasteiger partial charge < -0.3 is 15.2 Å². The van der Waals surface area contributed by atoms with E-state index in [2.05, 4.69) is 0 Å². The van der Waals surface area contributed by atoms with Crippen molar-refractivity contribution in [3.8, 4) is 5.75 Å². The van der Waals surface area contributed by atoms with E-state index in [1.54, 1.807) is 6.07 Å². The fourth-order valence-corrected chi connectivity index (χ4v) is 3.99. The maximum Gasteiger partial charge on any atom is 0.292 e. The summed E-state index contributed by atoms with van der Waals surface area (Å²) in [5, 5.41) is 10.9. The number of amides is 1. The molecule has 7 heteroatoms. The third kappa shape index (κ3) is 1.42. The number of aromatic hydroxyl groups is 1. The predicted octanol–water partition coefficient (Wildman–Crippen LogP) is 1.53. The summed E-state index contributed by atoms with van der Waals surface area (Å²) >= 11 is 0. The highest BCUT2D eigenvalue weighted by Crippen LogP contribution is 2.33. The zero-order chi connectivity index (χ0) is 17.6. The molecule has 1 aromatic carbocycles. The number of aromatic nitrogens is 3. The molecule has 0 fully saturated rings. The summed E-state index contributed by atoms with van der Waals surface area (Å²) in [6.07, 6.45) is 3.94. The van der Waals surface area contributed by atoms with Crippen LogP contribution in [0.5, 0.6) is 5.75 Å². The van der Waals surface area contributed by atoms with Gasteiger partial charge in [0, 0.05) is 29.0 Å². The lowest BCUT2D eigenvalue weighted by atomic mass is 10.1. The van der Waals surface area contributed by atoms with E-state index in [0.29, 0.717) is 11.1 Å². The van der Waals surface area contributed by atoms with Crippen LogP contribution in [0.15, 0.2) is 30.6 Å². The first-order valence-electron chi connectivity index (χ1n) is 7.91. The highest BCUT2D eigenvalue weighted by molar-refractivity contribution is 6.12. The van der Waals surface area contributed by atoms with Crippen molar-refractivity contribution in [3.63, 3.8) is 0 Å². The zero-order valence-electron chi connectivity index (χ0n) is 13.7. The Morgan fingerprint density at radius 2 is 1.88 bits per heavy atom. The molecule has 0 spiro atoms. The quantitative estimate of drug-likeness (QED) is 0.320. The molecule has 4 aromatic heterocycles. The van der Waals surface area contributed by atoms with E-state index in [0.717, 1.165) is 33.3 Å². The number of phenolic OH excluding ortho intramolecular Hbond substituents is 1. The van der Waals surface area contributed by atoms with Crippen molar-refractivity contribution < 1.29 is 14.3 Å². The molecule has 5 aromatic rings. The van der Waals surface area contributed by atoms with Crippen LogP contribution in [0, 0.1) is 13.8 Å². The lowest BCUT2D eigenvalue weighted by molar-refractivity contribution is -0.461. The Kier molecular flexibility index (Phi) is 2.30. The van der Waals surface area contributed by atoms with Crippen molar-refractivity contribution in [1.82, 2.24) is 8.80 Å². The molecule has 5 rings (SSSR count). The minimum absolute atomic E-state index is 0.173. The predicted molar refractivity (Wildman–Crippen MR) is 94.3 cm³/mol. The van der Waals surface area contributed by atoms with Crippen LogP contribution in [0.1, 0.15) is 21.6 Å². The first kappa shape index (κ1) is 13.9. The molecule has 0 aliphatic rings. The second-order valence-electron chi connectivity index (χ2n) is 6.45. The molecule has 25 heavy (non-hydrogen) atoms. The average molecular weight is 334 g/mol. The summed E-state index contributed by atoms with van der Waals surface area (Å²) in [4.78, 5) is 12.1. The number of benzene rings is 1. The summed E-state index contributed by atoms with van der Waals surface area (Å²) in [5.41, 5.74) is 17.3. The number of hydrogen-bond donors (Lipinski definition) is 3. The molecular formula is C18H16N5O2+. The van der Waals surface area contributed by atoms with Crippen LogP contribution in [0.4, 0.5) is 5.82 Å². The molecule has 1 amide bonds. The topological polar surface area (TPSA) is 102 Å². The van der Waals surface area contributed by atoms with Crippen LogP contribution in [-0.2, 0) is 0 Å². The molecule has 0 aliphatic carbocycles. The van der Waals surface area contributed by atoms with Crippen LogP contribution in [0.2, 0.25) is 0 Å². The van der Waals surface area contributed by atoms with Crippen LogP contribution < -0.4 is 15.9 Å². The normalized spacial score (nSPS) is 12.2. The Morgan fingerprint density at radius 1 is 1.16 bits per heavy atom. The van der Waals surface area contributed by atoms with Crippen molar-refractivity contribution >= 4 is 39.3 Å². The maximum absolute atomic E-state index is 12.1. The van der Waals surface area contributed by atoms with E-state index in [1.807, 2.05) is 51.6 Å². The number of carbonyl (C=O) groups excluding carboxylic acids is 1. The monoisotopic (exact) mass is 334 g/mol. The molecular weight excluding hydrogens is 318 g/mol. The second kappa shape index (κ2) is 4.13. The molecule has 5 N–H and O–H groups in total. The summed E-state index contributed by atoms with van der Waals surface area (Å²) in [6.45, 7) is 3.80.